The average Bonchev–Trinajstić information content (AvgIpc) is 2.83. The van der Waals surface area contributed by atoms with E-state index in [1.807, 2.05) is 0 Å². The zero-order valence-corrected chi connectivity index (χ0v) is 19.2. The van der Waals surface area contributed by atoms with E-state index in [0.29, 0.717) is 6.07 Å². The molecule has 1 aromatic carbocycles. The monoisotopic (exact) mass is 507 g/mol. The zero-order valence-electron chi connectivity index (χ0n) is 19.2. The quantitative estimate of drug-likeness (QED) is 0.488. The molecule has 1 N–H and O–H groups in total. The van der Waals surface area contributed by atoms with Crippen LogP contribution in [0.1, 0.15) is 31.0 Å². The van der Waals surface area contributed by atoms with Crippen molar-refractivity contribution in [3.8, 4) is 11.5 Å². The lowest BCUT2D eigenvalue weighted by atomic mass is 9.80. The molecule has 2 atom stereocenters. The van der Waals surface area contributed by atoms with Crippen LogP contribution in [0.3, 0.4) is 0 Å². The number of allylic oxidation sites excluding steroid dienone is 1. The predicted octanol–water partition coefficient (Wildman–Crippen LogP) is 3.80. The van der Waals surface area contributed by atoms with E-state index in [0.717, 1.165) is 12.1 Å². The highest BCUT2D eigenvalue weighted by Gasteiger charge is 2.45. The molecule has 4 rings (SSSR count). The fourth-order valence-electron chi connectivity index (χ4n) is 4.15. The number of carbonyl (C=O) groups is 2. The number of hydrogen-bond acceptors (Lipinski definition) is 7. The van der Waals surface area contributed by atoms with Crippen LogP contribution in [0.25, 0.3) is 0 Å². The zero-order chi connectivity index (χ0) is 26.1. The maximum absolute atomic E-state index is 15.3. The lowest BCUT2D eigenvalue weighted by Gasteiger charge is -2.39. The number of ether oxygens (including phenoxy) is 3. The lowest BCUT2D eigenvalue weighted by Crippen LogP contribution is -2.51. The Morgan fingerprint density at radius 2 is 2.00 bits per heavy atom. The summed E-state index contributed by atoms with van der Waals surface area (Å²) in [6.45, 7) is 1.66. The highest BCUT2D eigenvalue weighted by atomic mass is 19.4. The van der Waals surface area contributed by atoms with Crippen LogP contribution in [-0.4, -0.2) is 43.2 Å². The number of rotatable bonds is 5. The van der Waals surface area contributed by atoms with Gasteiger partial charge < -0.3 is 19.5 Å². The van der Waals surface area contributed by atoms with Crippen molar-refractivity contribution in [2.75, 3.05) is 13.7 Å². The Kier molecular flexibility index (Phi) is 6.46. The van der Waals surface area contributed by atoms with Crippen molar-refractivity contribution in [3.05, 3.63) is 65.4 Å². The van der Waals surface area contributed by atoms with E-state index in [1.54, 1.807) is 19.1 Å². The molecular formula is C24H21F4N3O5. The Morgan fingerprint density at radius 1 is 1.22 bits per heavy atom. The number of aromatic nitrogens is 1. The number of alkyl halides is 3. The SMILES string of the molecule is COC(=O)C1(C)C=NC(C(=O)N[C@]2(c3ccc(OC(F)(F)F)cc3F)CCOc3cccnc32)=CC1. The normalized spacial score (nSPS) is 23.1. The molecule has 2 aliphatic heterocycles. The van der Waals surface area contributed by atoms with E-state index in [-0.39, 0.29) is 42.2 Å². The van der Waals surface area contributed by atoms with E-state index in [4.69, 9.17) is 9.47 Å². The third kappa shape index (κ3) is 4.75. The number of nitrogens with one attached hydrogen (secondary N) is 1. The van der Waals surface area contributed by atoms with Gasteiger partial charge in [0, 0.05) is 30.5 Å². The molecule has 0 saturated carbocycles. The van der Waals surface area contributed by atoms with Gasteiger partial charge in [-0.3, -0.25) is 19.6 Å². The number of fused-ring (bicyclic) bond motifs is 1. The molecule has 1 amide bonds. The van der Waals surface area contributed by atoms with Crippen LogP contribution in [0.4, 0.5) is 17.6 Å². The van der Waals surface area contributed by atoms with Gasteiger partial charge in [0.25, 0.3) is 5.91 Å². The molecule has 36 heavy (non-hydrogen) atoms. The first kappa shape index (κ1) is 25.1. The van der Waals surface area contributed by atoms with Crippen molar-refractivity contribution < 1.29 is 41.4 Å². The fraction of sp³-hybridized carbons (Fsp3) is 0.333. The minimum Gasteiger partial charge on any atom is -0.491 e. The number of carbonyl (C=O) groups excluding carboxylic acids is 2. The molecule has 190 valence electrons. The third-order valence-electron chi connectivity index (χ3n) is 5.96. The van der Waals surface area contributed by atoms with Crippen molar-refractivity contribution in [3.63, 3.8) is 0 Å². The first-order valence-corrected chi connectivity index (χ1v) is 10.8. The molecule has 0 bridgehead atoms. The summed E-state index contributed by atoms with van der Waals surface area (Å²) in [6.07, 6.45) is -0.662. The van der Waals surface area contributed by atoms with Gasteiger partial charge in [-0.2, -0.15) is 0 Å². The van der Waals surface area contributed by atoms with Crippen LogP contribution in [0, 0.1) is 11.2 Å². The molecule has 2 aliphatic rings. The minimum absolute atomic E-state index is 0.0238. The van der Waals surface area contributed by atoms with Gasteiger partial charge in [-0.1, -0.05) is 6.08 Å². The van der Waals surface area contributed by atoms with Crippen LogP contribution in [0.2, 0.25) is 0 Å². The first-order chi connectivity index (χ1) is 17.0. The number of amides is 1. The van der Waals surface area contributed by atoms with Crippen LogP contribution in [-0.2, 0) is 19.9 Å². The summed E-state index contributed by atoms with van der Waals surface area (Å²) in [4.78, 5) is 33.7. The van der Waals surface area contributed by atoms with Gasteiger partial charge in [0.2, 0.25) is 0 Å². The van der Waals surface area contributed by atoms with Crippen molar-refractivity contribution in [2.24, 2.45) is 10.4 Å². The average molecular weight is 507 g/mol. The van der Waals surface area contributed by atoms with Gasteiger partial charge >= 0.3 is 12.3 Å². The molecule has 1 aromatic heterocycles. The van der Waals surface area contributed by atoms with E-state index in [2.05, 4.69) is 20.0 Å². The van der Waals surface area contributed by atoms with Crippen LogP contribution in [0.15, 0.2) is 53.3 Å². The third-order valence-corrected chi connectivity index (χ3v) is 5.96. The number of pyridine rings is 1. The number of esters is 1. The Morgan fingerprint density at radius 3 is 2.64 bits per heavy atom. The Hall–Kier alpha value is -3.96. The molecule has 1 unspecified atom stereocenters. The topological polar surface area (TPSA) is 99.1 Å². The Balaban J connectivity index is 1.73. The second kappa shape index (κ2) is 9.25. The summed E-state index contributed by atoms with van der Waals surface area (Å²) in [5.74, 6) is -2.75. The van der Waals surface area contributed by atoms with Crippen molar-refractivity contribution in [1.82, 2.24) is 10.3 Å². The minimum atomic E-state index is -5.00. The maximum Gasteiger partial charge on any atom is 0.573 e. The summed E-state index contributed by atoms with van der Waals surface area (Å²) in [5.41, 5.74) is -2.63. The fourth-order valence-corrected chi connectivity index (χ4v) is 4.15. The summed E-state index contributed by atoms with van der Waals surface area (Å²) in [7, 11) is 1.24. The summed E-state index contributed by atoms with van der Waals surface area (Å²) >= 11 is 0. The second-order valence-electron chi connectivity index (χ2n) is 8.46. The summed E-state index contributed by atoms with van der Waals surface area (Å²) in [5, 5.41) is 2.77. The highest BCUT2D eigenvalue weighted by molar-refractivity contribution is 6.01. The molecule has 0 fully saturated rings. The van der Waals surface area contributed by atoms with E-state index >= 15 is 4.39 Å². The van der Waals surface area contributed by atoms with Crippen LogP contribution < -0.4 is 14.8 Å². The predicted molar refractivity (Wildman–Crippen MR) is 118 cm³/mol. The van der Waals surface area contributed by atoms with Gasteiger partial charge in [0.15, 0.2) is 0 Å². The van der Waals surface area contributed by atoms with Gasteiger partial charge in [0.05, 0.1) is 13.7 Å². The van der Waals surface area contributed by atoms with Crippen molar-refractivity contribution >= 4 is 18.1 Å². The number of aliphatic imine (C=N–C) groups is 1. The summed E-state index contributed by atoms with van der Waals surface area (Å²) < 4.78 is 67.4. The molecule has 0 saturated heterocycles. The van der Waals surface area contributed by atoms with Gasteiger partial charge in [-0.25, -0.2) is 4.39 Å². The summed E-state index contributed by atoms with van der Waals surface area (Å²) in [6, 6.07) is 5.83. The smallest absolute Gasteiger partial charge is 0.491 e. The molecular weight excluding hydrogens is 486 g/mol. The molecule has 0 spiro atoms. The van der Waals surface area contributed by atoms with E-state index in [9.17, 15) is 22.8 Å². The largest absolute Gasteiger partial charge is 0.573 e. The van der Waals surface area contributed by atoms with Gasteiger partial charge in [-0.15, -0.1) is 13.2 Å². The molecule has 0 aliphatic carbocycles. The van der Waals surface area contributed by atoms with Gasteiger partial charge in [0.1, 0.15) is 39.7 Å². The number of halogens is 4. The lowest BCUT2D eigenvalue weighted by molar-refractivity contribution is -0.274. The van der Waals surface area contributed by atoms with E-state index < -0.39 is 40.8 Å². The maximum atomic E-state index is 15.3. The number of methoxy groups -OCH3 is 1. The standard InChI is InChI=1S/C24H21F4N3O5/c1-22(21(33)34-2)8-7-17(30-13-22)20(32)31-23(9-11-35-18-4-3-10-29-19(18)23)15-6-5-14(12-16(15)25)36-24(26,27)28/h3-7,10,12-13H,8-9,11H2,1-2H3,(H,31,32)/t22?,23-/m0/s1. The number of benzene rings is 1. The van der Waals surface area contributed by atoms with Crippen molar-refractivity contribution in [1.29, 1.82) is 0 Å². The van der Waals surface area contributed by atoms with Crippen LogP contribution >= 0.6 is 0 Å². The molecule has 8 nitrogen and oxygen atoms in total. The van der Waals surface area contributed by atoms with E-state index in [1.165, 1.54) is 25.6 Å². The highest BCUT2D eigenvalue weighted by Crippen LogP contribution is 2.42. The van der Waals surface area contributed by atoms with Crippen LogP contribution in [0.5, 0.6) is 11.5 Å². The Bertz CT molecular complexity index is 1260. The number of hydrogen-bond donors (Lipinski definition) is 1. The van der Waals surface area contributed by atoms with Crippen molar-refractivity contribution in [2.45, 2.75) is 31.7 Å². The molecule has 0 radical (unpaired) electrons. The number of nitrogens with zero attached hydrogens (tertiary/aromatic N) is 2. The molecule has 3 heterocycles. The first-order valence-electron chi connectivity index (χ1n) is 10.8. The Labute approximate surface area is 203 Å². The molecule has 2 aromatic rings. The second-order valence-corrected chi connectivity index (χ2v) is 8.46. The molecule has 12 heteroatoms. The van der Waals surface area contributed by atoms with Gasteiger partial charge in [-0.05, 0) is 37.6 Å².